The van der Waals surface area contributed by atoms with Crippen LogP contribution in [0.5, 0.6) is 11.5 Å². The molecule has 0 unspecified atom stereocenters. The van der Waals surface area contributed by atoms with Gasteiger partial charge in [0.25, 0.3) is 5.91 Å². The highest BCUT2D eigenvalue weighted by molar-refractivity contribution is 9.10. The van der Waals surface area contributed by atoms with E-state index in [2.05, 4.69) is 26.5 Å². The number of ether oxygens (including phenoxy) is 2. The van der Waals surface area contributed by atoms with Crippen molar-refractivity contribution in [1.82, 2.24) is 5.43 Å². The number of hydrogen-bond donors (Lipinski definition) is 1. The van der Waals surface area contributed by atoms with E-state index in [1.54, 1.807) is 36.4 Å². The SMILES string of the molecule is CCOc1cc(/C=N\NC(=O)c2ccc(C)c(Cl)c2)cc(Br)c1OCc1ccc(Cl)c(Cl)c1. The van der Waals surface area contributed by atoms with E-state index < -0.39 is 0 Å². The molecule has 3 aromatic rings. The molecule has 0 aromatic heterocycles. The van der Waals surface area contributed by atoms with Crippen molar-refractivity contribution in [2.45, 2.75) is 20.5 Å². The molecule has 3 rings (SSSR count). The van der Waals surface area contributed by atoms with Crippen LogP contribution in [0.4, 0.5) is 0 Å². The number of hydrogen-bond acceptors (Lipinski definition) is 4. The summed E-state index contributed by atoms with van der Waals surface area (Å²) in [7, 11) is 0. The summed E-state index contributed by atoms with van der Waals surface area (Å²) in [6.07, 6.45) is 1.52. The number of carbonyl (C=O) groups is 1. The molecule has 5 nitrogen and oxygen atoms in total. The lowest BCUT2D eigenvalue weighted by atomic mass is 10.1. The third kappa shape index (κ3) is 6.87. The average Bonchev–Trinajstić information content (AvgIpc) is 2.77. The van der Waals surface area contributed by atoms with Crippen molar-refractivity contribution in [3.05, 3.63) is 90.3 Å². The van der Waals surface area contributed by atoms with E-state index in [0.717, 1.165) is 11.1 Å². The number of aryl methyl sites for hydroxylation is 1. The summed E-state index contributed by atoms with van der Waals surface area (Å²) in [5.74, 6) is 0.710. The highest BCUT2D eigenvalue weighted by atomic mass is 79.9. The first kappa shape index (κ1) is 25.4. The van der Waals surface area contributed by atoms with E-state index >= 15 is 0 Å². The molecule has 0 aliphatic rings. The van der Waals surface area contributed by atoms with Crippen LogP contribution in [0.2, 0.25) is 15.1 Å². The van der Waals surface area contributed by atoms with Gasteiger partial charge >= 0.3 is 0 Å². The Kier molecular flexibility index (Phi) is 9.03. The highest BCUT2D eigenvalue weighted by Crippen LogP contribution is 2.37. The number of benzene rings is 3. The minimum atomic E-state index is -0.362. The maximum Gasteiger partial charge on any atom is 0.271 e. The van der Waals surface area contributed by atoms with Crippen LogP contribution in [0, 0.1) is 6.92 Å². The van der Waals surface area contributed by atoms with Gasteiger partial charge in [0.05, 0.1) is 27.3 Å². The zero-order valence-electron chi connectivity index (χ0n) is 17.8. The summed E-state index contributed by atoms with van der Waals surface area (Å²) in [5, 5.41) is 5.51. The zero-order chi connectivity index (χ0) is 24.0. The van der Waals surface area contributed by atoms with Gasteiger partial charge in [-0.3, -0.25) is 4.79 Å². The largest absolute Gasteiger partial charge is 0.490 e. The quantitative estimate of drug-likeness (QED) is 0.226. The van der Waals surface area contributed by atoms with E-state index in [9.17, 15) is 4.79 Å². The van der Waals surface area contributed by atoms with Gasteiger partial charge < -0.3 is 9.47 Å². The number of carbonyl (C=O) groups excluding carboxylic acids is 1. The number of nitrogens with zero attached hydrogens (tertiary/aromatic N) is 1. The average molecular weight is 571 g/mol. The number of hydrazone groups is 1. The lowest BCUT2D eigenvalue weighted by Crippen LogP contribution is -2.17. The van der Waals surface area contributed by atoms with Crippen molar-refractivity contribution in [3.8, 4) is 11.5 Å². The molecule has 0 saturated carbocycles. The second kappa shape index (κ2) is 11.7. The molecule has 3 aromatic carbocycles. The van der Waals surface area contributed by atoms with Crippen molar-refractivity contribution in [2.75, 3.05) is 6.61 Å². The smallest absolute Gasteiger partial charge is 0.271 e. The van der Waals surface area contributed by atoms with Crippen LogP contribution in [0.1, 0.15) is 34.0 Å². The van der Waals surface area contributed by atoms with Crippen molar-refractivity contribution in [2.24, 2.45) is 5.10 Å². The molecule has 0 saturated heterocycles. The Hall–Kier alpha value is -2.25. The predicted octanol–water partition coefficient (Wildman–Crippen LogP) is 7.46. The van der Waals surface area contributed by atoms with Gasteiger partial charge in [0.1, 0.15) is 6.61 Å². The maximum atomic E-state index is 12.3. The van der Waals surface area contributed by atoms with E-state index in [1.165, 1.54) is 6.21 Å². The van der Waals surface area contributed by atoms with Crippen LogP contribution in [-0.4, -0.2) is 18.7 Å². The number of amides is 1. The first-order valence-electron chi connectivity index (χ1n) is 9.91. The lowest BCUT2D eigenvalue weighted by molar-refractivity contribution is 0.0955. The Balaban J connectivity index is 1.73. The number of halogens is 4. The van der Waals surface area contributed by atoms with E-state index in [-0.39, 0.29) is 12.5 Å². The minimum absolute atomic E-state index is 0.276. The molecule has 0 aliphatic carbocycles. The van der Waals surface area contributed by atoms with Crippen LogP contribution in [0.25, 0.3) is 0 Å². The fourth-order valence-electron chi connectivity index (χ4n) is 2.81. The third-order valence-corrected chi connectivity index (χ3v) is 6.25. The second-order valence-corrected chi connectivity index (χ2v) is 9.04. The van der Waals surface area contributed by atoms with Gasteiger partial charge in [-0.15, -0.1) is 0 Å². The molecule has 0 atom stereocenters. The molecule has 0 bridgehead atoms. The fraction of sp³-hybridized carbons (Fsp3) is 0.167. The van der Waals surface area contributed by atoms with Crippen LogP contribution < -0.4 is 14.9 Å². The number of nitrogens with one attached hydrogen (secondary N) is 1. The predicted molar refractivity (Wildman–Crippen MR) is 137 cm³/mol. The summed E-state index contributed by atoms with van der Waals surface area (Å²) in [6, 6.07) is 14.0. The Bertz CT molecular complexity index is 1200. The van der Waals surface area contributed by atoms with Gasteiger partial charge in [0, 0.05) is 10.6 Å². The van der Waals surface area contributed by atoms with Gasteiger partial charge in [-0.05, 0) is 82.9 Å². The molecule has 1 amide bonds. The maximum absolute atomic E-state index is 12.3. The summed E-state index contributed by atoms with van der Waals surface area (Å²) in [6.45, 7) is 4.47. The van der Waals surface area contributed by atoms with Crippen molar-refractivity contribution >= 4 is 62.9 Å². The van der Waals surface area contributed by atoms with Crippen molar-refractivity contribution in [3.63, 3.8) is 0 Å². The van der Waals surface area contributed by atoms with E-state index in [1.807, 2.05) is 26.0 Å². The molecule has 0 heterocycles. The van der Waals surface area contributed by atoms with E-state index in [0.29, 0.717) is 48.8 Å². The lowest BCUT2D eigenvalue weighted by Gasteiger charge is -2.15. The molecular weight excluding hydrogens is 551 g/mol. The van der Waals surface area contributed by atoms with Crippen LogP contribution in [0.15, 0.2) is 58.1 Å². The first-order chi connectivity index (χ1) is 15.8. The van der Waals surface area contributed by atoms with Gasteiger partial charge in [0.2, 0.25) is 0 Å². The molecule has 1 N–H and O–H groups in total. The Morgan fingerprint density at radius 1 is 1.03 bits per heavy atom. The van der Waals surface area contributed by atoms with Gasteiger partial charge in [-0.1, -0.05) is 46.9 Å². The molecule has 172 valence electrons. The summed E-state index contributed by atoms with van der Waals surface area (Å²) in [5.41, 5.74) is 5.38. The normalized spacial score (nSPS) is 11.0. The molecule has 0 spiro atoms. The van der Waals surface area contributed by atoms with Crippen molar-refractivity contribution in [1.29, 1.82) is 0 Å². The van der Waals surface area contributed by atoms with Crippen LogP contribution in [0.3, 0.4) is 0 Å². The standard InChI is InChI=1S/C24H20BrCl3N2O3/c1-3-32-22-10-16(12-29-30-24(31)17-6-4-14(2)20(27)11-17)8-18(25)23(22)33-13-15-5-7-19(26)21(28)9-15/h4-12H,3,13H2,1-2H3,(H,30,31)/b29-12-. The highest BCUT2D eigenvalue weighted by Gasteiger charge is 2.13. The minimum Gasteiger partial charge on any atom is -0.490 e. The molecule has 33 heavy (non-hydrogen) atoms. The van der Waals surface area contributed by atoms with Crippen LogP contribution in [-0.2, 0) is 6.61 Å². The Labute approximate surface area is 215 Å². The van der Waals surface area contributed by atoms with Crippen LogP contribution >= 0.6 is 50.7 Å². The summed E-state index contributed by atoms with van der Waals surface area (Å²) in [4.78, 5) is 12.3. The van der Waals surface area contributed by atoms with Gasteiger partial charge in [0.15, 0.2) is 11.5 Å². The van der Waals surface area contributed by atoms with Gasteiger partial charge in [-0.2, -0.15) is 5.10 Å². The second-order valence-electron chi connectivity index (χ2n) is 6.96. The molecule has 9 heteroatoms. The first-order valence-corrected chi connectivity index (χ1v) is 11.8. The topological polar surface area (TPSA) is 59.9 Å². The molecule has 0 aliphatic heterocycles. The van der Waals surface area contributed by atoms with Crippen molar-refractivity contribution < 1.29 is 14.3 Å². The van der Waals surface area contributed by atoms with E-state index in [4.69, 9.17) is 44.3 Å². The Morgan fingerprint density at radius 2 is 1.82 bits per heavy atom. The zero-order valence-corrected chi connectivity index (χ0v) is 21.6. The van der Waals surface area contributed by atoms with Gasteiger partial charge in [-0.25, -0.2) is 5.43 Å². The fourth-order valence-corrected chi connectivity index (χ4v) is 3.89. The Morgan fingerprint density at radius 3 is 2.52 bits per heavy atom. The molecular formula is C24H20BrCl3N2O3. The molecule has 0 fully saturated rings. The number of rotatable bonds is 8. The summed E-state index contributed by atoms with van der Waals surface area (Å²) < 4.78 is 12.4. The molecule has 0 radical (unpaired) electrons. The summed E-state index contributed by atoms with van der Waals surface area (Å²) >= 11 is 21.7. The monoisotopic (exact) mass is 568 g/mol. The third-order valence-electron chi connectivity index (χ3n) is 4.51.